The van der Waals surface area contributed by atoms with Crippen molar-refractivity contribution in [1.29, 1.82) is 0 Å². The Kier molecular flexibility index (Phi) is 2.59. The molecule has 0 aromatic carbocycles. The van der Waals surface area contributed by atoms with E-state index in [9.17, 15) is 19.2 Å². The van der Waals surface area contributed by atoms with E-state index in [1.54, 1.807) is 0 Å². The number of amides is 4. The molecule has 0 atom stereocenters. The summed E-state index contributed by atoms with van der Waals surface area (Å²) in [6.45, 7) is 1.50. The predicted octanol–water partition coefficient (Wildman–Crippen LogP) is -1.62. The first-order chi connectivity index (χ1) is 8.40. The highest BCUT2D eigenvalue weighted by Crippen LogP contribution is 2.18. The molecule has 0 saturated carbocycles. The van der Waals surface area contributed by atoms with Gasteiger partial charge in [0.1, 0.15) is 0 Å². The molecule has 7 heteroatoms. The lowest BCUT2D eigenvalue weighted by molar-refractivity contribution is -0.129. The molecule has 2 aliphatic rings. The summed E-state index contributed by atoms with van der Waals surface area (Å²) < 4.78 is 0. The van der Waals surface area contributed by atoms with Gasteiger partial charge in [0.05, 0.1) is 16.8 Å². The van der Waals surface area contributed by atoms with Crippen molar-refractivity contribution in [3.05, 3.63) is 34.6 Å². The summed E-state index contributed by atoms with van der Waals surface area (Å²) in [5.41, 5.74) is 5.46. The minimum absolute atomic E-state index is 0.0000463. The molecular formula is C11H9N3O4. The van der Waals surface area contributed by atoms with Crippen LogP contribution in [0, 0.1) is 0 Å². The van der Waals surface area contributed by atoms with Crippen LogP contribution in [0.2, 0.25) is 0 Å². The van der Waals surface area contributed by atoms with Crippen molar-refractivity contribution in [3.8, 4) is 0 Å². The Morgan fingerprint density at radius 3 is 1.94 bits per heavy atom. The fraction of sp³-hybridized carbons (Fsp3) is 0.0909. The molecule has 0 fully saturated rings. The monoisotopic (exact) mass is 247 g/mol. The second-order valence-corrected chi connectivity index (χ2v) is 3.82. The number of rotatable bonds is 0. The molecule has 0 unspecified atom stereocenters. The molecule has 2 aliphatic heterocycles. The zero-order chi connectivity index (χ0) is 13.4. The normalized spacial score (nSPS) is 24.3. The molecule has 18 heavy (non-hydrogen) atoms. The van der Waals surface area contributed by atoms with Crippen LogP contribution in [0.25, 0.3) is 0 Å². The highest BCUT2D eigenvalue weighted by Gasteiger charge is 2.28. The third kappa shape index (κ3) is 1.81. The van der Waals surface area contributed by atoms with Gasteiger partial charge in [-0.3, -0.25) is 29.8 Å². The summed E-state index contributed by atoms with van der Waals surface area (Å²) >= 11 is 0. The number of carbonyl (C=O) groups excluding carboxylic acids is 4. The van der Waals surface area contributed by atoms with Crippen LogP contribution in [0.5, 0.6) is 0 Å². The van der Waals surface area contributed by atoms with Gasteiger partial charge in [-0.2, -0.15) is 0 Å². The Morgan fingerprint density at radius 1 is 0.833 bits per heavy atom. The summed E-state index contributed by atoms with van der Waals surface area (Å²) in [6.07, 6.45) is 2.41. The summed E-state index contributed by atoms with van der Waals surface area (Å²) in [5.74, 6) is -2.65. The Balaban J connectivity index is 2.61. The second-order valence-electron chi connectivity index (χ2n) is 3.82. The van der Waals surface area contributed by atoms with E-state index in [1.807, 2.05) is 5.32 Å². The fourth-order valence-electron chi connectivity index (χ4n) is 1.55. The van der Waals surface area contributed by atoms with E-state index in [0.717, 1.165) is 6.08 Å². The van der Waals surface area contributed by atoms with Gasteiger partial charge >= 0.3 is 0 Å². The molecule has 0 aliphatic carbocycles. The van der Waals surface area contributed by atoms with Crippen molar-refractivity contribution >= 4 is 23.6 Å². The molecule has 92 valence electrons. The van der Waals surface area contributed by atoms with Crippen molar-refractivity contribution in [2.45, 2.75) is 6.92 Å². The number of hydrogen-bond acceptors (Lipinski definition) is 5. The van der Waals surface area contributed by atoms with Gasteiger partial charge in [0.2, 0.25) is 0 Å². The Morgan fingerprint density at radius 2 is 1.33 bits per heavy atom. The largest absolute Gasteiger partial charge is 0.394 e. The topological polar surface area (TPSA) is 118 Å². The average molecular weight is 247 g/mol. The molecule has 0 aromatic rings. The van der Waals surface area contributed by atoms with E-state index in [-0.39, 0.29) is 22.4 Å². The molecule has 0 aromatic heterocycles. The zero-order valence-electron chi connectivity index (χ0n) is 9.37. The van der Waals surface area contributed by atoms with Gasteiger partial charge in [-0.25, -0.2) is 0 Å². The van der Waals surface area contributed by atoms with E-state index in [2.05, 4.69) is 5.32 Å². The Bertz CT molecular complexity index is 543. The van der Waals surface area contributed by atoms with Gasteiger partial charge in [-0.1, -0.05) is 0 Å². The molecule has 2 rings (SSSR count). The lowest BCUT2D eigenvalue weighted by Gasteiger charge is -2.17. The molecule has 4 N–H and O–H groups in total. The highest BCUT2D eigenvalue weighted by atomic mass is 16.2. The first kappa shape index (κ1) is 11.8. The van der Waals surface area contributed by atoms with Crippen LogP contribution >= 0.6 is 0 Å². The van der Waals surface area contributed by atoms with Gasteiger partial charge in [0.15, 0.2) is 0 Å². The summed E-state index contributed by atoms with van der Waals surface area (Å²) in [6, 6.07) is 0. The van der Waals surface area contributed by atoms with E-state index < -0.39 is 23.6 Å². The lowest BCUT2D eigenvalue weighted by Crippen LogP contribution is -2.42. The van der Waals surface area contributed by atoms with Crippen LogP contribution in [0.1, 0.15) is 6.92 Å². The van der Waals surface area contributed by atoms with E-state index in [1.165, 1.54) is 13.0 Å². The number of nitrogens with one attached hydrogen (secondary N) is 2. The van der Waals surface area contributed by atoms with Gasteiger partial charge < -0.3 is 5.73 Å². The molecular weight excluding hydrogens is 238 g/mol. The molecule has 0 saturated heterocycles. The van der Waals surface area contributed by atoms with E-state index in [0.29, 0.717) is 0 Å². The quantitative estimate of drug-likeness (QED) is 0.351. The Hall–Kier alpha value is -2.70. The number of carbonyl (C=O) groups is 4. The number of imide groups is 2. The highest BCUT2D eigenvalue weighted by molar-refractivity contribution is 6.22. The van der Waals surface area contributed by atoms with Crippen LogP contribution in [0.4, 0.5) is 0 Å². The van der Waals surface area contributed by atoms with Crippen LogP contribution in [0.15, 0.2) is 34.6 Å². The summed E-state index contributed by atoms with van der Waals surface area (Å²) in [7, 11) is 0. The van der Waals surface area contributed by atoms with Crippen LogP contribution < -0.4 is 16.4 Å². The number of nitrogens with two attached hydrogens (primary N) is 1. The van der Waals surface area contributed by atoms with E-state index in [4.69, 9.17) is 5.73 Å². The zero-order valence-corrected chi connectivity index (χ0v) is 9.37. The maximum Gasteiger partial charge on any atom is 0.273 e. The molecule has 2 heterocycles. The molecule has 0 radical (unpaired) electrons. The van der Waals surface area contributed by atoms with Crippen LogP contribution in [-0.2, 0) is 19.2 Å². The van der Waals surface area contributed by atoms with Gasteiger partial charge in [0, 0.05) is 5.57 Å². The third-order valence-corrected chi connectivity index (χ3v) is 2.51. The van der Waals surface area contributed by atoms with Gasteiger partial charge in [-0.15, -0.1) is 0 Å². The van der Waals surface area contributed by atoms with Crippen molar-refractivity contribution in [3.63, 3.8) is 0 Å². The number of hydrogen-bond donors (Lipinski definition) is 3. The molecule has 0 spiro atoms. The maximum atomic E-state index is 11.6. The minimum Gasteiger partial charge on any atom is -0.394 e. The van der Waals surface area contributed by atoms with Crippen molar-refractivity contribution < 1.29 is 19.2 Å². The smallest absolute Gasteiger partial charge is 0.273 e. The van der Waals surface area contributed by atoms with Crippen molar-refractivity contribution in [1.82, 2.24) is 10.6 Å². The fourth-order valence-corrected chi connectivity index (χ4v) is 1.55. The molecule has 4 amide bonds. The van der Waals surface area contributed by atoms with Crippen LogP contribution in [-0.4, -0.2) is 23.6 Å². The molecule has 0 bridgehead atoms. The van der Waals surface area contributed by atoms with Crippen molar-refractivity contribution in [2.75, 3.05) is 0 Å². The van der Waals surface area contributed by atoms with Gasteiger partial charge in [-0.05, 0) is 19.1 Å². The van der Waals surface area contributed by atoms with Gasteiger partial charge in [0.25, 0.3) is 23.6 Å². The summed E-state index contributed by atoms with van der Waals surface area (Å²) in [4.78, 5) is 45.5. The molecule has 7 nitrogen and oxygen atoms in total. The van der Waals surface area contributed by atoms with Crippen molar-refractivity contribution in [2.24, 2.45) is 5.73 Å². The average Bonchev–Trinajstić information content (AvgIpc) is 2.29. The second kappa shape index (κ2) is 3.95. The minimum atomic E-state index is -0.724. The Labute approximate surface area is 101 Å². The third-order valence-electron chi connectivity index (χ3n) is 2.51. The first-order valence-corrected chi connectivity index (χ1v) is 5.01. The summed E-state index contributed by atoms with van der Waals surface area (Å²) in [5, 5.41) is 4.08. The maximum absolute atomic E-state index is 11.6. The van der Waals surface area contributed by atoms with Crippen LogP contribution in [0.3, 0.4) is 0 Å². The first-order valence-electron chi connectivity index (χ1n) is 5.01. The van der Waals surface area contributed by atoms with E-state index >= 15 is 0 Å². The standard InChI is InChI=1S/C11H9N3O4/c1-4-2-5(9(16)13-8(4)15)6-3-7(12)11(18)14-10(6)17/h2-3H,12H2,1H3,(H,13,15,16)(H,14,17,18)/b6-5+. The SMILES string of the molecule is CC1=C/C(=C2/C=C(N)C(=O)NC2=O)C(=O)NC1=O. The predicted molar refractivity (Wildman–Crippen MR) is 59.4 cm³/mol. The lowest BCUT2D eigenvalue weighted by atomic mass is 9.98.